The molecular formula is C11H15BrN2O2S3. The maximum Gasteiger partial charge on any atom is 0.156 e. The second kappa shape index (κ2) is 6.01. The Kier molecular flexibility index (Phi) is 4.53. The Morgan fingerprint density at radius 1 is 1.63 bits per heavy atom. The van der Waals surface area contributed by atoms with Crippen LogP contribution in [0.15, 0.2) is 21.9 Å². The molecule has 2 heterocycles. The van der Waals surface area contributed by atoms with Gasteiger partial charge in [-0.1, -0.05) is 11.8 Å². The number of halogens is 1. The summed E-state index contributed by atoms with van der Waals surface area (Å²) in [5.41, 5.74) is 1.52. The summed E-state index contributed by atoms with van der Waals surface area (Å²) in [4.78, 5) is 2.18. The van der Waals surface area contributed by atoms with Crippen molar-refractivity contribution in [2.75, 3.05) is 5.75 Å². The first-order valence-corrected chi connectivity index (χ1v) is 10.1. The van der Waals surface area contributed by atoms with Gasteiger partial charge >= 0.3 is 0 Å². The molecule has 8 heteroatoms. The van der Waals surface area contributed by atoms with Crippen molar-refractivity contribution in [1.82, 2.24) is 10.2 Å². The summed E-state index contributed by atoms with van der Waals surface area (Å²) in [6, 6.07) is 0. The van der Waals surface area contributed by atoms with Gasteiger partial charge in [-0.25, -0.2) is 4.21 Å². The number of fused-ring (bicyclic) bond motifs is 1. The van der Waals surface area contributed by atoms with Gasteiger partial charge in [-0.3, -0.25) is 0 Å². The van der Waals surface area contributed by atoms with Crippen molar-refractivity contribution in [3.63, 3.8) is 0 Å². The Morgan fingerprint density at radius 2 is 2.47 bits per heavy atom. The van der Waals surface area contributed by atoms with Crippen molar-refractivity contribution in [1.29, 1.82) is 0 Å². The molecule has 4 nitrogen and oxygen atoms in total. The van der Waals surface area contributed by atoms with E-state index < -0.39 is 11.1 Å². The maximum absolute atomic E-state index is 11.0. The molecule has 3 rings (SSSR count). The van der Waals surface area contributed by atoms with Crippen molar-refractivity contribution in [3.05, 3.63) is 21.9 Å². The van der Waals surface area contributed by atoms with E-state index in [4.69, 9.17) is 4.55 Å². The lowest BCUT2D eigenvalue weighted by Gasteiger charge is -2.15. The van der Waals surface area contributed by atoms with E-state index in [0.29, 0.717) is 10.7 Å². The van der Waals surface area contributed by atoms with Crippen LogP contribution in [-0.4, -0.2) is 35.4 Å². The number of hydrogen-bond acceptors (Lipinski definition) is 5. The van der Waals surface area contributed by atoms with E-state index in [9.17, 15) is 4.21 Å². The van der Waals surface area contributed by atoms with Crippen molar-refractivity contribution < 1.29 is 8.76 Å². The van der Waals surface area contributed by atoms with E-state index in [0.717, 1.165) is 29.6 Å². The molecule has 0 saturated heterocycles. The topological polar surface area (TPSA) is 52.6 Å². The predicted molar refractivity (Wildman–Crippen MR) is 86.1 cm³/mol. The molecule has 2 N–H and O–H groups in total. The van der Waals surface area contributed by atoms with Crippen LogP contribution >= 0.6 is 39.5 Å². The van der Waals surface area contributed by atoms with Gasteiger partial charge in [-0.2, -0.15) is 11.8 Å². The molecular weight excluding hydrogens is 368 g/mol. The zero-order chi connectivity index (χ0) is 13.4. The fraction of sp³-hybridized carbons (Fsp3) is 0.636. The standard InChI is InChI=1S/C11H15BrN2O2S3/c12-10-9(13-11-14(10)3-4-17-11)6-18-7-1-2-8(5-7)19(15)16/h3-4,7-8,11,13H,1-2,5-6H2,(H,15,16). The first kappa shape index (κ1) is 14.3. The van der Waals surface area contributed by atoms with Crippen molar-refractivity contribution >= 4 is 50.5 Å². The minimum atomic E-state index is -1.65. The molecule has 106 valence electrons. The van der Waals surface area contributed by atoms with Gasteiger partial charge in [0.1, 0.15) is 4.61 Å². The maximum atomic E-state index is 11.0. The zero-order valence-electron chi connectivity index (χ0n) is 10.1. The van der Waals surface area contributed by atoms with Crippen LogP contribution in [0.25, 0.3) is 0 Å². The Balaban J connectivity index is 1.52. The molecule has 1 saturated carbocycles. The summed E-state index contributed by atoms with van der Waals surface area (Å²) in [5.74, 6) is 0.928. The van der Waals surface area contributed by atoms with Gasteiger partial charge in [0.15, 0.2) is 16.6 Å². The first-order chi connectivity index (χ1) is 9.15. The minimum absolute atomic E-state index is 0.0203. The Bertz CT molecular complexity index is 457. The van der Waals surface area contributed by atoms with E-state index in [-0.39, 0.29) is 5.25 Å². The fourth-order valence-electron chi connectivity index (χ4n) is 2.49. The Hall–Kier alpha value is 0.370. The number of nitrogens with one attached hydrogen (secondary N) is 1. The third-order valence-corrected chi connectivity index (χ3v) is 7.66. The van der Waals surface area contributed by atoms with Gasteiger partial charge in [0.05, 0.1) is 10.9 Å². The lowest BCUT2D eigenvalue weighted by atomic mass is 10.4. The monoisotopic (exact) mass is 382 g/mol. The molecule has 1 aliphatic carbocycles. The molecule has 3 aliphatic rings. The molecule has 0 spiro atoms. The van der Waals surface area contributed by atoms with Crippen LogP contribution in [0.2, 0.25) is 0 Å². The number of rotatable bonds is 4. The average Bonchev–Trinajstić information content (AvgIpc) is 3.05. The van der Waals surface area contributed by atoms with Gasteiger partial charge in [-0.15, -0.1) is 0 Å². The molecule has 0 radical (unpaired) electrons. The summed E-state index contributed by atoms with van der Waals surface area (Å²) in [5, 5.41) is 6.06. The summed E-state index contributed by atoms with van der Waals surface area (Å²) >= 11 is 5.64. The molecule has 0 aromatic rings. The first-order valence-electron chi connectivity index (χ1n) is 6.12. The summed E-state index contributed by atoms with van der Waals surface area (Å²) < 4.78 is 21.3. The summed E-state index contributed by atoms with van der Waals surface area (Å²) in [7, 11) is 0. The number of nitrogens with zero attached hydrogens (tertiary/aromatic N) is 1. The SMILES string of the molecule is O=S(O)C1CCC(SCC2=C(Br)N3C=CSC3N2)C1. The van der Waals surface area contributed by atoms with Crippen LogP contribution in [0.5, 0.6) is 0 Å². The van der Waals surface area contributed by atoms with Crippen molar-refractivity contribution in [3.8, 4) is 0 Å². The van der Waals surface area contributed by atoms with Gasteiger partial charge < -0.3 is 14.8 Å². The third-order valence-electron chi connectivity index (χ3n) is 3.54. The highest BCUT2D eigenvalue weighted by Crippen LogP contribution is 2.39. The molecule has 0 amide bonds. The van der Waals surface area contributed by atoms with Crippen LogP contribution < -0.4 is 5.32 Å². The van der Waals surface area contributed by atoms with Crippen LogP contribution in [0.4, 0.5) is 0 Å². The largest absolute Gasteiger partial charge is 0.357 e. The van der Waals surface area contributed by atoms with E-state index in [1.807, 2.05) is 11.8 Å². The minimum Gasteiger partial charge on any atom is -0.357 e. The van der Waals surface area contributed by atoms with Gasteiger partial charge in [0.25, 0.3) is 0 Å². The van der Waals surface area contributed by atoms with Gasteiger partial charge in [-0.05, 0) is 40.6 Å². The molecule has 0 aromatic carbocycles. The molecule has 1 fully saturated rings. The van der Waals surface area contributed by atoms with E-state index in [1.54, 1.807) is 11.8 Å². The molecule has 4 unspecified atom stereocenters. The van der Waals surface area contributed by atoms with Crippen LogP contribution in [0, 0.1) is 0 Å². The summed E-state index contributed by atoms with van der Waals surface area (Å²) in [6.45, 7) is 0. The molecule has 0 aromatic heterocycles. The van der Waals surface area contributed by atoms with E-state index in [1.165, 1.54) is 5.70 Å². The van der Waals surface area contributed by atoms with Gasteiger partial charge in [0.2, 0.25) is 0 Å². The van der Waals surface area contributed by atoms with E-state index in [2.05, 4.69) is 37.8 Å². The molecule has 19 heavy (non-hydrogen) atoms. The molecule has 0 bridgehead atoms. The smallest absolute Gasteiger partial charge is 0.156 e. The number of hydrogen-bond donors (Lipinski definition) is 2. The zero-order valence-corrected chi connectivity index (χ0v) is 14.2. The lowest BCUT2D eigenvalue weighted by molar-refractivity contribution is 0.485. The quantitative estimate of drug-likeness (QED) is 0.575. The van der Waals surface area contributed by atoms with Crippen LogP contribution in [-0.2, 0) is 11.1 Å². The Labute approximate surface area is 132 Å². The lowest BCUT2D eigenvalue weighted by Crippen LogP contribution is -2.27. The highest BCUT2D eigenvalue weighted by Gasteiger charge is 2.33. The molecule has 4 atom stereocenters. The average molecular weight is 383 g/mol. The highest BCUT2D eigenvalue weighted by molar-refractivity contribution is 9.11. The van der Waals surface area contributed by atoms with E-state index >= 15 is 0 Å². The van der Waals surface area contributed by atoms with Crippen LogP contribution in [0.1, 0.15) is 19.3 Å². The highest BCUT2D eigenvalue weighted by atomic mass is 79.9. The Morgan fingerprint density at radius 3 is 3.16 bits per heavy atom. The third kappa shape index (κ3) is 3.02. The molecule has 2 aliphatic heterocycles. The predicted octanol–water partition coefficient (Wildman–Crippen LogP) is 2.83. The van der Waals surface area contributed by atoms with Gasteiger partial charge in [0, 0.05) is 17.2 Å². The van der Waals surface area contributed by atoms with Crippen LogP contribution in [0.3, 0.4) is 0 Å². The number of thioether (sulfide) groups is 2. The fourth-order valence-corrected chi connectivity index (χ4v) is 6.41. The second-order valence-electron chi connectivity index (χ2n) is 4.74. The second-order valence-corrected chi connectivity index (χ2v) is 8.99. The summed E-state index contributed by atoms with van der Waals surface area (Å²) in [6.07, 6.45) is 4.86. The van der Waals surface area contributed by atoms with Crippen molar-refractivity contribution in [2.45, 2.75) is 35.3 Å². The normalized spacial score (nSPS) is 34.8. The van der Waals surface area contributed by atoms with Crippen molar-refractivity contribution in [2.24, 2.45) is 0 Å².